The van der Waals surface area contributed by atoms with E-state index in [-0.39, 0.29) is 6.42 Å². The monoisotopic (exact) mass is 310 g/mol. The first-order chi connectivity index (χ1) is 9.54. The van der Waals surface area contributed by atoms with Crippen molar-refractivity contribution in [2.45, 2.75) is 13.0 Å². The van der Waals surface area contributed by atoms with Crippen LogP contribution in [0.4, 0.5) is 0 Å². The molecule has 0 spiro atoms. The Kier molecular flexibility index (Phi) is 5.11. The summed E-state index contributed by atoms with van der Waals surface area (Å²) in [6.07, 6.45) is 0.144. The summed E-state index contributed by atoms with van der Waals surface area (Å²) in [5, 5.41) is 12.3. The van der Waals surface area contributed by atoms with E-state index in [9.17, 15) is 4.79 Å². The van der Waals surface area contributed by atoms with Crippen molar-refractivity contribution in [3.8, 4) is 10.6 Å². The fourth-order valence-corrected chi connectivity index (χ4v) is 2.69. The SMILES string of the molecule is CN(CCC(=O)O)Cc1csc(-c2ccc(Cl)cc2)n1. The van der Waals surface area contributed by atoms with Crippen molar-refractivity contribution in [3.63, 3.8) is 0 Å². The van der Waals surface area contributed by atoms with Crippen LogP contribution in [0.2, 0.25) is 5.02 Å². The Morgan fingerprint density at radius 3 is 2.75 bits per heavy atom. The van der Waals surface area contributed by atoms with Crippen LogP contribution in [0.15, 0.2) is 29.6 Å². The van der Waals surface area contributed by atoms with Gasteiger partial charge in [-0.2, -0.15) is 0 Å². The fraction of sp³-hybridized carbons (Fsp3) is 0.286. The molecule has 2 rings (SSSR count). The van der Waals surface area contributed by atoms with Gasteiger partial charge in [-0.1, -0.05) is 23.7 Å². The lowest BCUT2D eigenvalue weighted by Gasteiger charge is -2.13. The second-order valence-electron chi connectivity index (χ2n) is 4.53. The van der Waals surface area contributed by atoms with Crippen LogP contribution in [0.1, 0.15) is 12.1 Å². The van der Waals surface area contributed by atoms with E-state index in [1.807, 2.05) is 41.6 Å². The van der Waals surface area contributed by atoms with Gasteiger partial charge in [0.15, 0.2) is 0 Å². The summed E-state index contributed by atoms with van der Waals surface area (Å²) in [6.45, 7) is 1.17. The summed E-state index contributed by atoms with van der Waals surface area (Å²) in [7, 11) is 1.89. The predicted molar refractivity (Wildman–Crippen MR) is 81.1 cm³/mol. The molecule has 20 heavy (non-hydrogen) atoms. The van der Waals surface area contributed by atoms with E-state index in [0.717, 1.165) is 16.3 Å². The van der Waals surface area contributed by atoms with Crippen LogP contribution in [-0.2, 0) is 11.3 Å². The first-order valence-corrected chi connectivity index (χ1v) is 7.41. The number of halogens is 1. The average Bonchev–Trinajstić information content (AvgIpc) is 2.85. The Hall–Kier alpha value is -1.43. The Bertz CT molecular complexity index is 583. The first-order valence-electron chi connectivity index (χ1n) is 6.15. The number of nitrogens with zero attached hydrogens (tertiary/aromatic N) is 2. The van der Waals surface area contributed by atoms with Crippen molar-refractivity contribution in [1.82, 2.24) is 9.88 Å². The minimum Gasteiger partial charge on any atom is -0.481 e. The fourth-order valence-electron chi connectivity index (χ4n) is 1.75. The highest BCUT2D eigenvalue weighted by atomic mass is 35.5. The zero-order valence-electron chi connectivity index (χ0n) is 11.0. The summed E-state index contributed by atoms with van der Waals surface area (Å²) < 4.78 is 0. The van der Waals surface area contributed by atoms with Crippen LogP contribution in [0.3, 0.4) is 0 Å². The van der Waals surface area contributed by atoms with Crippen molar-refractivity contribution in [2.75, 3.05) is 13.6 Å². The van der Waals surface area contributed by atoms with Crippen molar-refractivity contribution in [2.24, 2.45) is 0 Å². The molecule has 2 aromatic rings. The largest absolute Gasteiger partial charge is 0.481 e. The van der Waals surface area contributed by atoms with Gasteiger partial charge in [-0.25, -0.2) is 4.98 Å². The molecule has 1 N–H and O–H groups in total. The van der Waals surface area contributed by atoms with Gasteiger partial charge in [-0.05, 0) is 19.2 Å². The van der Waals surface area contributed by atoms with Gasteiger partial charge in [-0.3, -0.25) is 9.69 Å². The molecule has 106 valence electrons. The number of carbonyl (C=O) groups is 1. The van der Waals surface area contributed by atoms with Crippen molar-refractivity contribution >= 4 is 28.9 Å². The highest BCUT2D eigenvalue weighted by Crippen LogP contribution is 2.25. The number of aliphatic carboxylic acids is 1. The summed E-state index contributed by atoms with van der Waals surface area (Å²) >= 11 is 7.44. The standard InChI is InChI=1S/C14H15ClN2O2S/c1-17(7-6-13(18)19)8-12-9-20-14(16-12)10-2-4-11(15)5-3-10/h2-5,9H,6-8H2,1H3,(H,18,19). The van der Waals surface area contributed by atoms with E-state index < -0.39 is 5.97 Å². The number of benzene rings is 1. The molecule has 0 aliphatic heterocycles. The molecule has 0 fully saturated rings. The van der Waals surface area contributed by atoms with Crippen molar-refractivity contribution in [1.29, 1.82) is 0 Å². The van der Waals surface area contributed by atoms with Gasteiger partial charge in [-0.15, -0.1) is 11.3 Å². The van der Waals surface area contributed by atoms with E-state index in [0.29, 0.717) is 18.1 Å². The molecule has 0 amide bonds. The normalized spacial score (nSPS) is 10.9. The van der Waals surface area contributed by atoms with E-state index in [1.165, 1.54) is 0 Å². The Labute approximate surface area is 126 Å². The van der Waals surface area contributed by atoms with E-state index in [2.05, 4.69) is 4.98 Å². The second-order valence-corrected chi connectivity index (χ2v) is 5.83. The zero-order chi connectivity index (χ0) is 14.5. The molecule has 1 aromatic heterocycles. The first kappa shape index (κ1) is 15.0. The van der Waals surface area contributed by atoms with Crippen molar-refractivity contribution < 1.29 is 9.90 Å². The van der Waals surface area contributed by atoms with Gasteiger partial charge in [0, 0.05) is 29.1 Å². The number of carboxylic acids is 1. The molecule has 6 heteroatoms. The highest BCUT2D eigenvalue weighted by Gasteiger charge is 2.08. The number of hydrogen-bond acceptors (Lipinski definition) is 4. The van der Waals surface area contributed by atoms with Crippen LogP contribution in [-0.4, -0.2) is 34.6 Å². The van der Waals surface area contributed by atoms with Gasteiger partial charge in [0.05, 0.1) is 12.1 Å². The van der Waals surface area contributed by atoms with Crippen LogP contribution >= 0.6 is 22.9 Å². The summed E-state index contributed by atoms with van der Waals surface area (Å²) in [5.41, 5.74) is 1.99. The van der Waals surface area contributed by atoms with E-state index >= 15 is 0 Å². The maximum Gasteiger partial charge on any atom is 0.304 e. The Balaban J connectivity index is 1.98. The smallest absolute Gasteiger partial charge is 0.304 e. The molecule has 0 saturated carbocycles. The quantitative estimate of drug-likeness (QED) is 0.889. The molecule has 0 bridgehead atoms. The van der Waals surface area contributed by atoms with Gasteiger partial charge in [0.2, 0.25) is 0 Å². The highest BCUT2D eigenvalue weighted by molar-refractivity contribution is 7.13. The lowest BCUT2D eigenvalue weighted by atomic mass is 10.2. The van der Waals surface area contributed by atoms with Gasteiger partial charge < -0.3 is 5.11 Å². The zero-order valence-corrected chi connectivity index (χ0v) is 12.6. The van der Waals surface area contributed by atoms with Crippen molar-refractivity contribution in [3.05, 3.63) is 40.4 Å². The lowest BCUT2D eigenvalue weighted by Crippen LogP contribution is -2.21. The molecule has 1 heterocycles. The van der Waals surface area contributed by atoms with E-state index in [1.54, 1.807) is 11.3 Å². The minimum absolute atomic E-state index is 0.144. The molecule has 0 atom stereocenters. The maximum atomic E-state index is 10.5. The predicted octanol–water partition coefficient (Wildman–Crippen LogP) is 3.37. The second kappa shape index (κ2) is 6.83. The topological polar surface area (TPSA) is 53.4 Å². The minimum atomic E-state index is -0.781. The summed E-state index contributed by atoms with van der Waals surface area (Å²) in [4.78, 5) is 17.0. The van der Waals surface area contributed by atoms with Crippen LogP contribution in [0.25, 0.3) is 10.6 Å². The summed E-state index contributed by atoms with van der Waals surface area (Å²) in [6, 6.07) is 7.58. The van der Waals surface area contributed by atoms with Gasteiger partial charge >= 0.3 is 5.97 Å². The lowest BCUT2D eigenvalue weighted by molar-refractivity contribution is -0.137. The number of hydrogen-bond donors (Lipinski definition) is 1. The molecule has 4 nitrogen and oxygen atoms in total. The molecule has 0 aliphatic carbocycles. The average molecular weight is 311 g/mol. The Morgan fingerprint density at radius 1 is 1.40 bits per heavy atom. The third kappa shape index (κ3) is 4.30. The van der Waals surface area contributed by atoms with E-state index in [4.69, 9.17) is 16.7 Å². The molecule has 0 unspecified atom stereocenters. The Morgan fingerprint density at radius 2 is 2.10 bits per heavy atom. The molecule has 1 aromatic carbocycles. The van der Waals surface area contributed by atoms with Crippen LogP contribution in [0.5, 0.6) is 0 Å². The van der Waals surface area contributed by atoms with Gasteiger partial charge in [0.25, 0.3) is 0 Å². The third-order valence-corrected chi connectivity index (χ3v) is 3.97. The number of thiazole rings is 1. The molecular formula is C14H15ClN2O2S. The maximum absolute atomic E-state index is 10.5. The number of aromatic nitrogens is 1. The van der Waals surface area contributed by atoms with Crippen LogP contribution in [0, 0.1) is 0 Å². The van der Waals surface area contributed by atoms with Gasteiger partial charge in [0.1, 0.15) is 5.01 Å². The number of rotatable bonds is 6. The molecule has 0 radical (unpaired) electrons. The molecule has 0 saturated heterocycles. The van der Waals surface area contributed by atoms with Crippen LogP contribution < -0.4 is 0 Å². The number of carboxylic acid groups (broad SMARTS) is 1. The molecule has 0 aliphatic rings. The third-order valence-electron chi connectivity index (χ3n) is 2.78. The molecular weight excluding hydrogens is 296 g/mol. The summed E-state index contributed by atoms with van der Waals surface area (Å²) in [5.74, 6) is -0.781.